The largest absolute Gasteiger partial charge is 0.416 e. The average molecular weight is 306 g/mol. The minimum Gasteiger partial charge on any atom is -0.377 e. The molecule has 0 bridgehead atoms. The first kappa shape index (κ1) is 15.5. The summed E-state index contributed by atoms with van der Waals surface area (Å²) >= 11 is 0. The van der Waals surface area contributed by atoms with E-state index in [-0.39, 0.29) is 17.4 Å². The molecule has 1 aromatic carbocycles. The Morgan fingerprint density at radius 2 is 2.00 bits per heavy atom. The first-order chi connectivity index (χ1) is 9.47. The lowest BCUT2D eigenvalue weighted by Gasteiger charge is -2.22. The highest BCUT2D eigenvalue weighted by atomic mass is 32.2. The first-order valence-electron chi connectivity index (χ1n) is 6.58. The Morgan fingerprint density at radius 1 is 1.25 bits per heavy atom. The van der Waals surface area contributed by atoms with Crippen molar-refractivity contribution in [3.05, 3.63) is 35.4 Å². The third kappa shape index (κ3) is 4.31. The van der Waals surface area contributed by atoms with Gasteiger partial charge in [0.1, 0.15) is 0 Å². The van der Waals surface area contributed by atoms with E-state index >= 15 is 0 Å². The van der Waals surface area contributed by atoms with Crippen molar-refractivity contribution in [1.29, 1.82) is 0 Å². The summed E-state index contributed by atoms with van der Waals surface area (Å²) in [6.45, 7) is 0.654. The Kier molecular flexibility index (Phi) is 5.21. The Bertz CT molecular complexity index is 468. The molecule has 2 atom stereocenters. The van der Waals surface area contributed by atoms with Crippen molar-refractivity contribution in [1.82, 2.24) is 0 Å². The molecule has 0 radical (unpaired) electrons. The van der Waals surface area contributed by atoms with Crippen LogP contribution in [0.3, 0.4) is 0 Å². The summed E-state index contributed by atoms with van der Waals surface area (Å²) in [5.41, 5.74) is -0.605. The predicted octanol–water partition coefficient (Wildman–Crippen LogP) is 3.52. The van der Waals surface area contributed by atoms with Gasteiger partial charge in [0, 0.05) is 23.2 Å². The van der Waals surface area contributed by atoms with Gasteiger partial charge in [-0.3, -0.25) is 4.21 Å². The summed E-state index contributed by atoms with van der Waals surface area (Å²) in [4.78, 5) is 0. The van der Waals surface area contributed by atoms with E-state index in [1.165, 1.54) is 12.1 Å². The van der Waals surface area contributed by atoms with E-state index in [0.29, 0.717) is 12.4 Å². The standard InChI is InChI=1S/C14H17F3O2S/c15-14(16,17)13-7-2-1-5-11(13)9-20(18)10-12-6-3-4-8-19-12/h1-2,5,7,12H,3-4,6,8-10H2. The molecule has 0 N–H and O–H groups in total. The minimum atomic E-state index is -4.40. The van der Waals surface area contributed by atoms with Crippen LogP contribution in [0.5, 0.6) is 0 Å². The van der Waals surface area contributed by atoms with Crippen LogP contribution in [-0.2, 0) is 27.5 Å². The van der Waals surface area contributed by atoms with E-state index in [4.69, 9.17) is 4.74 Å². The van der Waals surface area contributed by atoms with Gasteiger partial charge >= 0.3 is 6.18 Å². The Balaban J connectivity index is 2.00. The second kappa shape index (κ2) is 6.72. The molecule has 20 heavy (non-hydrogen) atoms. The SMILES string of the molecule is O=S(Cc1ccccc1C(F)(F)F)CC1CCCCO1. The summed E-state index contributed by atoms with van der Waals surface area (Å²) in [5, 5.41) is 0. The van der Waals surface area contributed by atoms with Gasteiger partial charge in [-0.15, -0.1) is 0 Å². The van der Waals surface area contributed by atoms with Gasteiger partial charge in [-0.25, -0.2) is 0 Å². The van der Waals surface area contributed by atoms with Crippen LogP contribution in [0.4, 0.5) is 13.2 Å². The topological polar surface area (TPSA) is 26.3 Å². The van der Waals surface area contributed by atoms with E-state index in [1.54, 1.807) is 6.07 Å². The molecule has 0 amide bonds. The quantitative estimate of drug-likeness (QED) is 0.851. The molecule has 2 unspecified atom stereocenters. The fourth-order valence-electron chi connectivity index (χ4n) is 2.30. The Hall–Kier alpha value is -0.880. The van der Waals surface area contributed by atoms with Gasteiger partial charge < -0.3 is 4.74 Å². The number of halogens is 3. The van der Waals surface area contributed by atoms with Crippen LogP contribution < -0.4 is 0 Å². The zero-order chi connectivity index (χ0) is 14.6. The molecule has 0 aliphatic carbocycles. The zero-order valence-electron chi connectivity index (χ0n) is 11.0. The maximum Gasteiger partial charge on any atom is 0.416 e. The molecule has 1 heterocycles. The molecule has 0 saturated carbocycles. The summed E-state index contributed by atoms with van der Waals surface area (Å²) in [7, 11) is -1.34. The summed E-state index contributed by atoms with van der Waals surface area (Å²) in [5.74, 6) is 0.238. The molecule has 1 aliphatic rings. The van der Waals surface area contributed by atoms with Crippen molar-refractivity contribution in [3.8, 4) is 0 Å². The molecule has 1 aliphatic heterocycles. The van der Waals surface area contributed by atoms with E-state index in [9.17, 15) is 17.4 Å². The molecule has 1 aromatic rings. The van der Waals surface area contributed by atoms with E-state index < -0.39 is 22.5 Å². The minimum absolute atomic E-state index is 0.0739. The van der Waals surface area contributed by atoms with Crippen molar-refractivity contribution < 1.29 is 22.1 Å². The van der Waals surface area contributed by atoms with Crippen LogP contribution in [0, 0.1) is 0 Å². The number of alkyl halides is 3. The van der Waals surface area contributed by atoms with Gasteiger partial charge in [0.25, 0.3) is 0 Å². The maximum absolute atomic E-state index is 12.8. The molecule has 0 spiro atoms. The summed E-state index contributed by atoms with van der Waals surface area (Å²) in [6, 6.07) is 5.31. The average Bonchev–Trinajstić information content (AvgIpc) is 2.39. The van der Waals surface area contributed by atoms with Crippen LogP contribution >= 0.6 is 0 Å². The van der Waals surface area contributed by atoms with E-state index in [0.717, 1.165) is 25.3 Å². The molecular formula is C14H17F3O2S. The molecule has 1 fully saturated rings. The smallest absolute Gasteiger partial charge is 0.377 e. The number of ether oxygens (including phenoxy) is 1. The molecule has 1 saturated heterocycles. The van der Waals surface area contributed by atoms with Crippen molar-refractivity contribution >= 4 is 10.8 Å². The summed E-state index contributed by atoms with van der Waals surface area (Å²) < 4.78 is 56.0. The lowest BCUT2D eigenvalue weighted by atomic mass is 10.1. The molecule has 6 heteroatoms. The van der Waals surface area contributed by atoms with Gasteiger partial charge in [0.05, 0.1) is 17.4 Å². The lowest BCUT2D eigenvalue weighted by molar-refractivity contribution is -0.138. The van der Waals surface area contributed by atoms with Crippen molar-refractivity contribution in [2.75, 3.05) is 12.4 Å². The Labute approximate surface area is 118 Å². The lowest BCUT2D eigenvalue weighted by Crippen LogP contribution is -2.26. The molecular weight excluding hydrogens is 289 g/mol. The van der Waals surface area contributed by atoms with E-state index in [1.807, 2.05) is 0 Å². The molecule has 0 aromatic heterocycles. The van der Waals surface area contributed by atoms with E-state index in [2.05, 4.69) is 0 Å². The van der Waals surface area contributed by atoms with Crippen molar-refractivity contribution in [3.63, 3.8) is 0 Å². The van der Waals surface area contributed by atoms with Crippen LogP contribution in [0.1, 0.15) is 30.4 Å². The third-order valence-electron chi connectivity index (χ3n) is 3.29. The van der Waals surface area contributed by atoms with Crippen molar-refractivity contribution in [2.45, 2.75) is 37.3 Å². The maximum atomic E-state index is 12.8. The Morgan fingerprint density at radius 3 is 2.65 bits per heavy atom. The highest BCUT2D eigenvalue weighted by Gasteiger charge is 2.33. The predicted molar refractivity (Wildman–Crippen MR) is 71.7 cm³/mol. The third-order valence-corrected chi connectivity index (χ3v) is 4.66. The number of hydrogen-bond acceptors (Lipinski definition) is 2. The molecule has 2 rings (SSSR count). The number of rotatable bonds is 4. The second-order valence-corrected chi connectivity index (χ2v) is 6.40. The highest BCUT2D eigenvalue weighted by Crippen LogP contribution is 2.32. The van der Waals surface area contributed by atoms with Crippen LogP contribution in [0.2, 0.25) is 0 Å². The number of hydrogen-bond donors (Lipinski definition) is 0. The van der Waals surface area contributed by atoms with Gasteiger partial charge in [-0.2, -0.15) is 13.2 Å². The van der Waals surface area contributed by atoms with Gasteiger partial charge in [-0.05, 0) is 30.9 Å². The fourth-order valence-corrected chi connectivity index (χ4v) is 3.70. The van der Waals surface area contributed by atoms with Crippen LogP contribution in [-0.4, -0.2) is 22.7 Å². The molecule has 112 valence electrons. The van der Waals surface area contributed by atoms with Gasteiger partial charge in [0.2, 0.25) is 0 Å². The van der Waals surface area contributed by atoms with Gasteiger partial charge in [0.15, 0.2) is 0 Å². The van der Waals surface area contributed by atoms with Gasteiger partial charge in [-0.1, -0.05) is 18.2 Å². The van der Waals surface area contributed by atoms with Crippen LogP contribution in [0.25, 0.3) is 0 Å². The van der Waals surface area contributed by atoms with Crippen LogP contribution in [0.15, 0.2) is 24.3 Å². The molecule has 2 nitrogen and oxygen atoms in total. The number of benzene rings is 1. The zero-order valence-corrected chi connectivity index (χ0v) is 11.8. The summed E-state index contributed by atoms with van der Waals surface area (Å²) in [6.07, 6.45) is -1.61. The fraction of sp³-hybridized carbons (Fsp3) is 0.571. The van der Waals surface area contributed by atoms with Crippen molar-refractivity contribution in [2.24, 2.45) is 0 Å². The first-order valence-corrected chi connectivity index (χ1v) is 8.07. The highest BCUT2D eigenvalue weighted by molar-refractivity contribution is 7.84. The normalized spacial score (nSPS) is 21.6. The second-order valence-electron chi connectivity index (χ2n) is 4.89. The monoisotopic (exact) mass is 306 g/mol.